The van der Waals surface area contributed by atoms with Crippen LogP contribution in [0.2, 0.25) is 0 Å². The zero-order valence-corrected chi connectivity index (χ0v) is 13.3. The number of likely N-dealkylation sites (tertiary alicyclic amines) is 1. The van der Waals surface area contributed by atoms with Gasteiger partial charge in [-0.3, -0.25) is 10.1 Å². The lowest BCUT2D eigenvalue weighted by Crippen LogP contribution is -2.50. The Morgan fingerprint density at radius 1 is 1.26 bits per heavy atom. The monoisotopic (exact) mass is 323 g/mol. The van der Waals surface area contributed by atoms with Crippen LogP contribution in [0.15, 0.2) is 30.3 Å². The number of nitrogens with one attached hydrogen (secondary N) is 1. The van der Waals surface area contributed by atoms with Crippen LogP contribution in [0.3, 0.4) is 0 Å². The number of nitrogens with zero attached hydrogens (tertiary/aromatic N) is 2. The molecule has 0 aliphatic carbocycles. The summed E-state index contributed by atoms with van der Waals surface area (Å²) >= 11 is 0. The largest absolute Gasteiger partial charge is 0.371 e. The van der Waals surface area contributed by atoms with E-state index < -0.39 is 18.5 Å². The molecule has 1 atom stereocenters. The van der Waals surface area contributed by atoms with E-state index in [4.69, 9.17) is 0 Å². The highest BCUT2D eigenvalue weighted by Gasteiger charge is 2.43. The third-order valence-corrected chi connectivity index (χ3v) is 4.90. The van der Waals surface area contributed by atoms with Gasteiger partial charge in [-0.1, -0.05) is 18.2 Å². The molecule has 0 aromatic heterocycles. The van der Waals surface area contributed by atoms with Gasteiger partial charge in [0.15, 0.2) is 0 Å². The number of alkyl halides is 2. The second kappa shape index (κ2) is 6.43. The Morgan fingerprint density at radius 2 is 1.91 bits per heavy atom. The first-order chi connectivity index (χ1) is 11.0. The third kappa shape index (κ3) is 3.63. The minimum atomic E-state index is -2.76. The molecule has 3 rings (SSSR count). The molecular weight excluding hydrogens is 300 g/mol. The predicted octanol–water partition coefficient (Wildman–Crippen LogP) is 2.11. The number of rotatable bonds is 3. The van der Waals surface area contributed by atoms with Crippen molar-refractivity contribution < 1.29 is 13.6 Å². The van der Waals surface area contributed by atoms with Crippen LogP contribution < -0.4 is 10.2 Å². The number of anilines is 1. The summed E-state index contributed by atoms with van der Waals surface area (Å²) in [5, 5.41) is 2.65. The Hall–Kier alpha value is -1.69. The van der Waals surface area contributed by atoms with Gasteiger partial charge >= 0.3 is 0 Å². The number of amides is 1. The molecule has 1 aromatic carbocycles. The van der Waals surface area contributed by atoms with Gasteiger partial charge in [-0.15, -0.1) is 0 Å². The SMILES string of the molecule is CN(c1ccccc1)C1CCN(C(=O)C2CC(F)(F)CN2)CC1. The van der Waals surface area contributed by atoms with Crippen LogP contribution in [0.5, 0.6) is 0 Å². The Kier molecular flexibility index (Phi) is 4.53. The lowest BCUT2D eigenvalue weighted by atomic mass is 10.0. The molecule has 1 aromatic rings. The Morgan fingerprint density at radius 3 is 2.48 bits per heavy atom. The summed E-state index contributed by atoms with van der Waals surface area (Å²) in [6, 6.07) is 9.80. The van der Waals surface area contributed by atoms with Crippen molar-refractivity contribution >= 4 is 11.6 Å². The van der Waals surface area contributed by atoms with E-state index in [0.29, 0.717) is 19.1 Å². The molecule has 2 saturated heterocycles. The summed E-state index contributed by atoms with van der Waals surface area (Å²) in [5.41, 5.74) is 1.16. The van der Waals surface area contributed by atoms with E-state index in [1.165, 1.54) is 0 Å². The Balaban J connectivity index is 1.53. The number of benzene rings is 1. The van der Waals surface area contributed by atoms with Gasteiger partial charge in [-0.25, -0.2) is 8.78 Å². The van der Waals surface area contributed by atoms with E-state index in [1.54, 1.807) is 4.90 Å². The van der Waals surface area contributed by atoms with Crippen LogP contribution in [0.25, 0.3) is 0 Å². The van der Waals surface area contributed by atoms with Crippen molar-refractivity contribution in [3.05, 3.63) is 30.3 Å². The summed E-state index contributed by atoms with van der Waals surface area (Å²) in [7, 11) is 2.07. The minimum absolute atomic E-state index is 0.178. The maximum absolute atomic E-state index is 13.2. The van der Waals surface area contributed by atoms with E-state index in [2.05, 4.69) is 29.4 Å². The minimum Gasteiger partial charge on any atom is -0.371 e. The average Bonchev–Trinajstić information content (AvgIpc) is 2.94. The van der Waals surface area contributed by atoms with Crippen LogP contribution in [0.4, 0.5) is 14.5 Å². The Bertz CT molecular complexity index is 544. The maximum atomic E-state index is 13.2. The van der Waals surface area contributed by atoms with Gasteiger partial charge in [0.2, 0.25) is 5.91 Å². The van der Waals surface area contributed by atoms with Crippen molar-refractivity contribution in [2.75, 3.05) is 31.6 Å². The van der Waals surface area contributed by atoms with Gasteiger partial charge in [-0.05, 0) is 25.0 Å². The highest BCUT2D eigenvalue weighted by Crippen LogP contribution is 2.27. The first-order valence-electron chi connectivity index (χ1n) is 8.14. The summed E-state index contributed by atoms with van der Waals surface area (Å²) in [5.74, 6) is -2.94. The van der Waals surface area contributed by atoms with Crippen LogP contribution in [0, 0.1) is 0 Å². The molecule has 0 bridgehead atoms. The van der Waals surface area contributed by atoms with Crippen molar-refractivity contribution in [2.45, 2.75) is 37.3 Å². The van der Waals surface area contributed by atoms with E-state index in [9.17, 15) is 13.6 Å². The lowest BCUT2D eigenvalue weighted by Gasteiger charge is -2.38. The molecule has 2 aliphatic heterocycles. The summed E-state index contributed by atoms with van der Waals surface area (Å²) in [4.78, 5) is 16.3. The van der Waals surface area contributed by atoms with Crippen molar-refractivity contribution in [2.24, 2.45) is 0 Å². The fourth-order valence-electron chi connectivity index (χ4n) is 3.46. The van der Waals surface area contributed by atoms with E-state index >= 15 is 0 Å². The molecule has 0 saturated carbocycles. The number of carbonyl (C=O) groups excluding carboxylic acids is 1. The number of para-hydroxylation sites is 1. The topological polar surface area (TPSA) is 35.6 Å². The number of carbonyl (C=O) groups is 1. The van der Waals surface area contributed by atoms with Crippen LogP contribution in [-0.4, -0.2) is 55.5 Å². The van der Waals surface area contributed by atoms with Gasteiger partial charge in [0.05, 0.1) is 12.6 Å². The molecule has 2 aliphatic rings. The molecule has 126 valence electrons. The van der Waals surface area contributed by atoms with Gasteiger partial charge < -0.3 is 9.80 Å². The molecule has 0 spiro atoms. The first-order valence-corrected chi connectivity index (χ1v) is 8.14. The number of halogens is 2. The summed E-state index contributed by atoms with van der Waals surface area (Å²) in [6.45, 7) is 0.867. The normalized spacial score (nSPS) is 24.7. The van der Waals surface area contributed by atoms with Crippen LogP contribution in [0.1, 0.15) is 19.3 Å². The quantitative estimate of drug-likeness (QED) is 0.925. The number of hydrogen-bond acceptors (Lipinski definition) is 3. The van der Waals surface area contributed by atoms with E-state index in [-0.39, 0.29) is 12.3 Å². The van der Waals surface area contributed by atoms with Crippen molar-refractivity contribution in [3.8, 4) is 0 Å². The van der Waals surface area contributed by atoms with Crippen molar-refractivity contribution in [3.63, 3.8) is 0 Å². The molecule has 6 heteroatoms. The average molecular weight is 323 g/mol. The summed E-state index contributed by atoms with van der Waals surface area (Å²) in [6.07, 6.45) is 1.34. The van der Waals surface area contributed by atoms with Gasteiger partial charge in [-0.2, -0.15) is 0 Å². The Labute approximate surface area is 135 Å². The van der Waals surface area contributed by atoms with Gasteiger partial charge in [0.25, 0.3) is 5.92 Å². The zero-order chi connectivity index (χ0) is 16.4. The second-order valence-electron chi connectivity index (χ2n) is 6.50. The molecule has 1 amide bonds. The molecule has 1 N–H and O–H groups in total. The molecule has 0 radical (unpaired) electrons. The highest BCUT2D eigenvalue weighted by atomic mass is 19.3. The second-order valence-corrected chi connectivity index (χ2v) is 6.50. The maximum Gasteiger partial charge on any atom is 0.262 e. The predicted molar refractivity (Wildman–Crippen MR) is 85.8 cm³/mol. The molecular formula is C17H23F2N3O. The fraction of sp³-hybridized carbons (Fsp3) is 0.588. The molecule has 2 fully saturated rings. The third-order valence-electron chi connectivity index (χ3n) is 4.90. The number of piperidine rings is 1. The van der Waals surface area contributed by atoms with Crippen LogP contribution in [-0.2, 0) is 4.79 Å². The fourth-order valence-corrected chi connectivity index (χ4v) is 3.46. The smallest absolute Gasteiger partial charge is 0.262 e. The molecule has 4 nitrogen and oxygen atoms in total. The first kappa shape index (κ1) is 16.2. The van der Waals surface area contributed by atoms with E-state index in [0.717, 1.165) is 18.5 Å². The van der Waals surface area contributed by atoms with Crippen molar-refractivity contribution in [1.82, 2.24) is 10.2 Å². The van der Waals surface area contributed by atoms with Crippen molar-refractivity contribution in [1.29, 1.82) is 0 Å². The van der Waals surface area contributed by atoms with Gasteiger partial charge in [0.1, 0.15) is 0 Å². The standard InChI is InChI=1S/C17H23F2N3O/c1-21(13-5-3-2-4-6-13)14-7-9-22(10-8-14)16(23)15-11-17(18,19)12-20-15/h2-6,14-15,20H,7-12H2,1H3. The molecule has 23 heavy (non-hydrogen) atoms. The van der Waals surface area contributed by atoms with E-state index in [1.807, 2.05) is 18.2 Å². The lowest BCUT2D eigenvalue weighted by molar-refractivity contribution is -0.134. The van der Waals surface area contributed by atoms with Gasteiger partial charge in [0, 0.05) is 38.3 Å². The van der Waals surface area contributed by atoms with Crippen LogP contribution >= 0.6 is 0 Å². The number of hydrogen-bond donors (Lipinski definition) is 1. The zero-order valence-electron chi connectivity index (χ0n) is 13.3. The highest BCUT2D eigenvalue weighted by molar-refractivity contribution is 5.82. The molecule has 1 unspecified atom stereocenters. The molecule has 2 heterocycles. The summed E-state index contributed by atoms with van der Waals surface area (Å²) < 4.78 is 26.5.